The van der Waals surface area contributed by atoms with Gasteiger partial charge in [-0.3, -0.25) is 0 Å². The van der Waals surface area contributed by atoms with Gasteiger partial charge >= 0.3 is 0 Å². The van der Waals surface area contributed by atoms with E-state index in [-0.39, 0.29) is 5.41 Å². The van der Waals surface area contributed by atoms with Gasteiger partial charge < -0.3 is 4.74 Å². The van der Waals surface area contributed by atoms with Gasteiger partial charge in [0.1, 0.15) is 0 Å². The number of thiocarbonyl (C=S) groups is 1. The fourth-order valence-corrected chi connectivity index (χ4v) is 2.61. The maximum absolute atomic E-state index is 5.40. The van der Waals surface area contributed by atoms with Crippen molar-refractivity contribution >= 4 is 17.3 Å². The van der Waals surface area contributed by atoms with Gasteiger partial charge in [0.25, 0.3) is 0 Å². The minimum atomic E-state index is 0.262. The van der Waals surface area contributed by atoms with Gasteiger partial charge in [0.2, 0.25) is 0 Å². The molecule has 0 unspecified atom stereocenters. The summed E-state index contributed by atoms with van der Waals surface area (Å²) in [6.45, 7) is 0.792. The molecule has 1 aliphatic heterocycles. The topological polar surface area (TPSA) is 9.23 Å². The van der Waals surface area contributed by atoms with Crippen LogP contribution >= 0.6 is 12.2 Å². The van der Waals surface area contributed by atoms with Gasteiger partial charge in [0.15, 0.2) is 5.05 Å². The molecule has 1 aromatic carbocycles. The molecule has 13 heavy (non-hydrogen) atoms. The van der Waals surface area contributed by atoms with Crippen molar-refractivity contribution < 1.29 is 4.74 Å². The Hall–Kier alpha value is -0.890. The van der Waals surface area contributed by atoms with Crippen molar-refractivity contribution in [1.29, 1.82) is 0 Å². The average Bonchev–Trinajstić information content (AvgIpc) is 2.85. The zero-order valence-corrected chi connectivity index (χ0v) is 8.01. The van der Waals surface area contributed by atoms with Crippen molar-refractivity contribution in [2.75, 3.05) is 6.61 Å². The molecule has 1 heterocycles. The molecule has 2 heteroatoms. The molecule has 66 valence electrons. The molecular formula is C11H10OS. The van der Waals surface area contributed by atoms with E-state index in [0.717, 1.165) is 11.7 Å². The smallest absolute Gasteiger partial charge is 0.163 e. The number of rotatable bonds is 1. The summed E-state index contributed by atoms with van der Waals surface area (Å²) in [5, 5.41) is 0.823. The van der Waals surface area contributed by atoms with Gasteiger partial charge in [0, 0.05) is 11.3 Å². The van der Waals surface area contributed by atoms with Crippen molar-refractivity contribution in [3.63, 3.8) is 0 Å². The first kappa shape index (κ1) is 7.51. The molecule has 0 aromatic heterocycles. The van der Waals surface area contributed by atoms with E-state index in [0.29, 0.717) is 5.92 Å². The Labute approximate surface area is 82.7 Å². The third-order valence-electron chi connectivity index (χ3n) is 3.18. The van der Waals surface area contributed by atoms with Gasteiger partial charge in [0.05, 0.1) is 6.61 Å². The molecular weight excluding hydrogens is 180 g/mol. The van der Waals surface area contributed by atoms with E-state index in [4.69, 9.17) is 17.0 Å². The molecule has 1 saturated carbocycles. The van der Waals surface area contributed by atoms with Crippen LogP contribution < -0.4 is 0 Å². The van der Waals surface area contributed by atoms with Crippen molar-refractivity contribution in [1.82, 2.24) is 0 Å². The zero-order valence-electron chi connectivity index (χ0n) is 7.19. The van der Waals surface area contributed by atoms with Gasteiger partial charge in [-0.2, -0.15) is 0 Å². The average molecular weight is 190 g/mol. The quantitative estimate of drug-likeness (QED) is 0.628. The highest BCUT2D eigenvalue weighted by atomic mass is 32.1. The van der Waals surface area contributed by atoms with Crippen LogP contribution in [0.5, 0.6) is 0 Å². The second kappa shape index (κ2) is 2.32. The zero-order chi connectivity index (χ0) is 8.89. The van der Waals surface area contributed by atoms with E-state index < -0.39 is 0 Å². The summed E-state index contributed by atoms with van der Waals surface area (Å²) in [7, 11) is 0. The SMILES string of the molecule is S=C1OC[C@]2(c3ccccc3)C[C@H]12. The van der Waals surface area contributed by atoms with E-state index in [1.54, 1.807) is 0 Å². The number of benzene rings is 1. The van der Waals surface area contributed by atoms with Crippen molar-refractivity contribution in [3.05, 3.63) is 35.9 Å². The Morgan fingerprint density at radius 3 is 2.62 bits per heavy atom. The molecule has 2 aliphatic rings. The first-order valence-electron chi connectivity index (χ1n) is 4.55. The summed E-state index contributed by atoms with van der Waals surface area (Å²) in [6, 6.07) is 10.6. The highest BCUT2D eigenvalue weighted by molar-refractivity contribution is 7.80. The lowest BCUT2D eigenvalue weighted by atomic mass is 9.96. The molecule has 1 nitrogen and oxygen atoms in total. The summed E-state index contributed by atoms with van der Waals surface area (Å²) in [4.78, 5) is 0. The van der Waals surface area contributed by atoms with E-state index in [1.165, 1.54) is 12.0 Å². The molecule has 1 aromatic rings. The molecule has 3 rings (SSSR count). The van der Waals surface area contributed by atoms with Crippen LogP contribution in [-0.2, 0) is 10.2 Å². The van der Waals surface area contributed by atoms with Gasteiger partial charge in [-0.15, -0.1) is 0 Å². The highest BCUT2D eigenvalue weighted by Gasteiger charge is 2.63. The Kier molecular flexibility index (Phi) is 1.34. The number of fused-ring (bicyclic) bond motifs is 1. The van der Waals surface area contributed by atoms with Crippen LogP contribution in [0.1, 0.15) is 12.0 Å². The predicted molar refractivity (Wildman–Crippen MR) is 54.8 cm³/mol. The van der Waals surface area contributed by atoms with Crippen LogP contribution in [0.3, 0.4) is 0 Å². The monoisotopic (exact) mass is 190 g/mol. The van der Waals surface area contributed by atoms with E-state index >= 15 is 0 Å². The van der Waals surface area contributed by atoms with Gasteiger partial charge in [-0.05, 0) is 24.2 Å². The summed E-state index contributed by atoms with van der Waals surface area (Å²) < 4.78 is 5.40. The van der Waals surface area contributed by atoms with Crippen molar-refractivity contribution in [2.45, 2.75) is 11.8 Å². The third-order valence-corrected chi connectivity index (χ3v) is 3.58. The maximum Gasteiger partial charge on any atom is 0.163 e. The van der Waals surface area contributed by atoms with E-state index in [2.05, 4.69) is 24.3 Å². The Balaban J connectivity index is 2.01. The Morgan fingerprint density at radius 2 is 2.08 bits per heavy atom. The third kappa shape index (κ3) is 0.894. The highest BCUT2D eigenvalue weighted by Crippen LogP contribution is 2.59. The predicted octanol–water partition coefficient (Wildman–Crippen LogP) is 2.30. The van der Waals surface area contributed by atoms with E-state index in [1.807, 2.05) is 6.07 Å². The molecule has 0 spiro atoms. The number of ether oxygens (including phenoxy) is 1. The molecule has 0 N–H and O–H groups in total. The minimum Gasteiger partial charge on any atom is -0.486 e. The summed E-state index contributed by atoms with van der Waals surface area (Å²) in [5.74, 6) is 0.518. The molecule has 0 bridgehead atoms. The Bertz CT molecular complexity index is 360. The molecule has 0 radical (unpaired) electrons. The fraction of sp³-hybridized carbons (Fsp3) is 0.364. The summed E-state index contributed by atoms with van der Waals surface area (Å²) in [6.07, 6.45) is 1.19. The second-order valence-corrected chi connectivity index (χ2v) is 4.29. The Morgan fingerprint density at radius 1 is 1.31 bits per heavy atom. The first-order chi connectivity index (χ1) is 6.33. The normalized spacial score (nSPS) is 35.4. The largest absolute Gasteiger partial charge is 0.486 e. The van der Waals surface area contributed by atoms with E-state index in [9.17, 15) is 0 Å². The lowest BCUT2D eigenvalue weighted by Crippen LogP contribution is -2.10. The van der Waals surface area contributed by atoms with Crippen LogP contribution in [0.15, 0.2) is 30.3 Å². The fourth-order valence-electron chi connectivity index (χ4n) is 2.25. The van der Waals surface area contributed by atoms with Crippen LogP contribution in [0.2, 0.25) is 0 Å². The molecule has 2 fully saturated rings. The second-order valence-electron chi connectivity index (χ2n) is 3.89. The van der Waals surface area contributed by atoms with Crippen LogP contribution in [-0.4, -0.2) is 11.7 Å². The van der Waals surface area contributed by atoms with Crippen molar-refractivity contribution in [2.24, 2.45) is 5.92 Å². The minimum absolute atomic E-state index is 0.262. The lowest BCUT2D eigenvalue weighted by molar-refractivity contribution is 0.303. The lowest BCUT2D eigenvalue weighted by Gasteiger charge is -2.09. The summed E-state index contributed by atoms with van der Waals surface area (Å²) in [5.41, 5.74) is 1.65. The number of hydrogen-bond donors (Lipinski definition) is 0. The van der Waals surface area contributed by atoms with Crippen LogP contribution in [0.4, 0.5) is 0 Å². The first-order valence-corrected chi connectivity index (χ1v) is 4.96. The number of hydrogen-bond acceptors (Lipinski definition) is 2. The molecule has 1 aliphatic carbocycles. The molecule has 1 saturated heterocycles. The molecule has 2 atom stereocenters. The summed E-state index contributed by atoms with van der Waals surface area (Å²) >= 11 is 5.13. The molecule has 0 amide bonds. The van der Waals surface area contributed by atoms with Crippen LogP contribution in [0, 0.1) is 5.92 Å². The van der Waals surface area contributed by atoms with Gasteiger partial charge in [-0.25, -0.2) is 0 Å². The van der Waals surface area contributed by atoms with Crippen molar-refractivity contribution in [3.8, 4) is 0 Å². The van der Waals surface area contributed by atoms with Crippen LogP contribution in [0.25, 0.3) is 0 Å². The maximum atomic E-state index is 5.40. The van der Waals surface area contributed by atoms with Gasteiger partial charge in [-0.1, -0.05) is 30.3 Å². The standard InChI is InChI=1S/C11H10OS/c13-10-9-6-11(9,7-12-10)8-4-2-1-3-5-8/h1-5,9H,6-7H2/t9-,11+/m1/s1.